The summed E-state index contributed by atoms with van der Waals surface area (Å²) in [6, 6.07) is 16.0. The van der Waals surface area contributed by atoms with Gasteiger partial charge in [0.25, 0.3) is 0 Å². The molecule has 0 saturated carbocycles. The van der Waals surface area contributed by atoms with E-state index in [1.807, 2.05) is 42.5 Å². The minimum absolute atomic E-state index is 0.468. The van der Waals surface area contributed by atoms with Crippen LogP contribution in [0.1, 0.15) is 29.2 Å². The molecular weight excluding hydrogens is 358 g/mol. The normalized spacial score (nSPS) is 12.7. The van der Waals surface area contributed by atoms with Gasteiger partial charge in [0.05, 0.1) is 17.9 Å². The van der Waals surface area contributed by atoms with Gasteiger partial charge in [-0.25, -0.2) is 0 Å². The highest BCUT2D eigenvalue weighted by atomic mass is 35.5. The van der Waals surface area contributed by atoms with E-state index in [-0.39, 0.29) is 0 Å². The predicted molar refractivity (Wildman–Crippen MR) is 109 cm³/mol. The first-order chi connectivity index (χ1) is 13.3. The van der Waals surface area contributed by atoms with Gasteiger partial charge >= 0.3 is 0 Å². The number of hydrogen-bond acceptors (Lipinski definition) is 4. The van der Waals surface area contributed by atoms with E-state index in [1.54, 1.807) is 0 Å². The molecule has 1 aromatic heterocycles. The first-order valence-electron chi connectivity index (χ1n) is 8.93. The lowest BCUT2D eigenvalue weighted by molar-refractivity contribution is 0.653. The standard InChI is InChI=1S/C21H20ClN5/c1-2-3-11-23-13-19-25-26-20-14-24-21(15-7-5-4-6-8-15)17-12-16(22)9-10-18(17)27(19)20/h2,4-10,12,23H,1,3,11,13-14H2. The monoisotopic (exact) mass is 377 g/mol. The van der Waals surface area contributed by atoms with Crippen LogP contribution in [0.2, 0.25) is 5.02 Å². The molecule has 0 amide bonds. The Hall–Kier alpha value is -2.76. The summed E-state index contributed by atoms with van der Waals surface area (Å²) in [6.45, 7) is 5.70. The van der Waals surface area contributed by atoms with E-state index < -0.39 is 0 Å². The number of aromatic nitrogens is 3. The van der Waals surface area contributed by atoms with Crippen molar-refractivity contribution in [3.63, 3.8) is 0 Å². The molecule has 0 bridgehead atoms. The Bertz CT molecular complexity index is 991. The molecule has 0 atom stereocenters. The van der Waals surface area contributed by atoms with Gasteiger partial charge in [-0.1, -0.05) is 48.0 Å². The van der Waals surface area contributed by atoms with Gasteiger partial charge in [0.15, 0.2) is 11.6 Å². The smallest absolute Gasteiger partial charge is 0.159 e. The van der Waals surface area contributed by atoms with Crippen molar-refractivity contribution in [2.24, 2.45) is 4.99 Å². The Balaban J connectivity index is 1.79. The molecule has 136 valence electrons. The maximum atomic E-state index is 6.32. The van der Waals surface area contributed by atoms with Gasteiger partial charge < -0.3 is 5.32 Å². The fourth-order valence-electron chi connectivity index (χ4n) is 3.22. The molecule has 6 heteroatoms. The highest BCUT2D eigenvalue weighted by molar-refractivity contribution is 6.31. The second-order valence-electron chi connectivity index (χ2n) is 6.31. The Morgan fingerprint density at radius 3 is 2.81 bits per heavy atom. The molecule has 0 unspecified atom stereocenters. The van der Waals surface area contributed by atoms with Crippen LogP contribution in [0.3, 0.4) is 0 Å². The molecule has 0 saturated heterocycles. The van der Waals surface area contributed by atoms with Gasteiger partial charge in [-0.15, -0.1) is 16.8 Å². The van der Waals surface area contributed by atoms with Crippen LogP contribution in [0.25, 0.3) is 5.69 Å². The van der Waals surface area contributed by atoms with E-state index >= 15 is 0 Å². The fourth-order valence-corrected chi connectivity index (χ4v) is 3.40. The number of aliphatic imine (C=N–C) groups is 1. The summed E-state index contributed by atoms with van der Waals surface area (Å²) in [5.74, 6) is 1.69. The van der Waals surface area contributed by atoms with Crippen LogP contribution < -0.4 is 5.32 Å². The van der Waals surface area contributed by atoms with Crippen LogP contribution in [0.5, 0.6) is 0 Å². The molecule has 1 N–H and O–H groups in total. The molecule has 27 heavy (non-hydrogen) atoms. The Morgan fingerprint density at radius 1 is 1.15 bits per heavy atom. The summed E-state index contributed by atoms with van der Waals surface area (Å²) in [7, 11) is 0. The van der Waals surface area contributed by atoms with Gasteiger partial charge in [0.1, 0.15) is 6.54 Å². The van der Waals surface area contributed by atoms with Gasteiger partial charge in [-0.2, -0.15) is 0 Å². The first kappa shape index (κ1) is 17.6. The second-order valence-corrected chi connectivity index (χ2v) is 6.75. The number of nitrogens with zero attached hydrogens (tertiary/aromatic N) is 4. The highest BCUT2D eigenvalue weighted by Crippen LogP contribution is 2.28. The average Bonchev–Trinajstić information content (AvgIpc) is 3.01. The van der Waals surface area contributed by atoms with Gasteiger partial charge in [-0.3, -0.25) is 9.56 Å². The third-order valence-corrected chi connectivity index (χ3v) is 4.72. The van der Waals surface area contributed by atoms with Crippen molar-refractivity contribution in [1.82, 2.24) is 20.1 Å². The van der Waals surface area contributed by atoms with Crippen molar-refractivity contribution < 1.29 is 0 Å². The molecule has 0 spiro atoms. The van der Waals surface area contributed by atoms with E-state index in [0.29, 0.717) is 18.1 Å². The SMILES string of the molecule is C=CCCNCc1nnc2n1-c1ccc(Cl)cc1C(c1ccccc1)=NC2. The predicted octanol–water partition coefficient (Wildman–Crippen LogP) is 3.94. The number of nitrogens with one attached hydrogen (secondary N) is 1. The lowest BCUT2D eigenvalue weighted by atomic mass is 10.0. The number of rotatable bonds is 6. The zero-order valence-electron chi connectivity index (χ0n) is 14.9. The van der Waals surface area contributed by atoms with Gasteiger partial charge in [-0.05, 0) is 31.2 Å². The van der Waals surface area contributed by atoms with Crippen molar-refractivity contribution >= 4 is 17.3 Å². The van der Waals surface area contributed by atoms with E-state index in [2.05, 4.69) is 38.8 Å². The molecule has 2 aromatic carbocycles. The molecular formula is C21H20ClN5. The molecule has 4 rings (SSSR count). The van der Waals surface area contributed by atoms with Crippen LogP contribution in [0, 0.1) is 0 Å². The molecule has 1 aliphatic rings. The minimum Gasteiger partial charge on any atom is -0.310 e. The zero-order valence-corrected chi connectivity index (χ0v) is 15.7. The minimum atomic E-state index is 0.468. The van der Waals surface area contributed by atoms with Crippen LogP contribution in [-0.4, -0.2) is 27.0 Å². The molecule has 5 nitrogen and oxygen atoms in total. The van der Waals surface area contributed by atoms with Crippen LogP contribution in [0.4, 0.5) is 0 Å². The molecule has 0 aliphatic carbocycles. The molecule has 3 aromatic rings. The topological polar surface area (TPSA) is 55.1 Å². The van der Waals surface area contributed by atoms with Crippen molar-refractivity contribution in [2.75, 3.05) is 6.54 Å². The number of benzene rings is 2. The van der Waals surface area contributed by atoms with Crippen molar-refractivity contribution in [1.29, 1.82) is 0 Å². The number of fused-ring (bicyclic) bond motifs is 3. The summed E-state index contributed by atoms with van der Waals surface area (Å²) < 4.78 is 2.09. The summed E-state index contributed by atoms with van der Waals surface area (Å²) in [5.41, 5.74) is 3.97. The Kier molecular flexibility index (Phi) is 5.14. The second kappa shape index (κ2) is 7.86. The Labute approximate surface area is 163 Å². The summed E-state index contributed by atoms with van der Waals surface area (Å²) in [5, 5.41) is 12.8. The van der Waals surface area contributed by atoms with Crippen LogP contribution in [-0.2, 0) is 13.1 Å². The molecule has 0 fully saturated rings. The highest BCUT2D eigenvalue weighted by Gasteiger charge is 2.22. The lowest BCUT2D eigenvalue weighted by Crippen LogP contribution is -2.18. The summed E-state index contributed by atoms with van der Waals surface area (Å²) in [4.78, 5) is 4.84. The molecule has 1 aliphatic heterocycles. The first-order valence-corrected chi connectivity index (χ1v) is 9.30. The maximum Gasteiger partial charge on any atom is 0.159 e. The van der Waals surface area contributed by atoms with Gasteiger partial charge in [0.2, 0.25) is 0 Å². The molecule has 0 radical (unpaired) electrons. The van der Waals surface area contributed by atoms with Crippen molar-refractivity contribution in [3.8, 4) is 5.69 Å². The zero-order chi connectivity index (χ0) is 18.6. The third-order valence-electron chi connectivity index (χ3n) is 4.49. The van der Waals surface area contributed by atoms with Gasteiger partial charge in [0, 0.05) is 16.1 Å². The Morgan fingerprint density at radius 2 is 2.00 bits per heavy atom. The number of hydrogen-bond donors (Lipinski definition) is 1. The van der Waals surface area contributed by atoms with Crippen LogP contribution >= 0.6 is 11.6 Å². The molecule has 2 heterocycles. The maximum absolute atomic E-state index is 6.32. The third kappa shape index (κ3) is 3.56. The lowest BCUT2D eigenvalue weighted by Gasteiger charge is -2.14. The van der Waals surface area contributed by atoms with Crippen molar-refractivity contribution in [2.45, 2.75) is 19.5 Å². The van der Waals surface area contributed by atoms with Crippen molar-refractivity contribution in [3.05, 3.63) is 89.0 Å². The summed E-state index contributed by atoms with van der Waals surface area (Å²) >= 11 is 6.32. The van der Waals surface area contributed by atoms with Crippen LogP contribution in [0.15, 0.2) is 66.2 Å². The van der Waals surface area contributed by atoms with E-state index in [0.717, 1.165) is 47.1 Å². The van der Waals surface area contributed by atoms with E-state index in [9.17, 15) is 0 Å². The summed E-state index contributed by atoms with van der Waals surface area (Å²) in [6.07, 6.45) is 2.81. The van der Waals surface area contributed by atoms with E-state index in [1.165, 1.54) is 0 Å². The number of halogens is 1. The average molecular weight is 378 g/mol. The van der Waals surface area contributed by atoms with E-state index in [4.69, 9.17) is 16.6 Å². The largest absolute Gasteiger partial charge is 0.310 e. The quantitative estimate of drug-likeness (QED) is 0.523. The fraction of sp³-hybridized carbons (Fsp3) is 0.190.